The quantitative estimate of drug-likeness (QED) is 0.762. The fraction of sp³-hybridized carbons (Fsp3) is 0.562. The summed E-state index contributed by atoms with van der Waals surface area (Å²) in [5.74, 6) is 0.145. The molecule has 0 saturated heterocycles. The molecule has 3 heteroatoms. The second-order valence-electron chi connectivity index (χ2n) is 5.29. The van der Waals surface area contributed by atoms with E-state index in [1.165, 1.54) is 12.1 Å². The Balaban J connectivity index is 3.20. The normalized spacial score (nSPS) is 10.8. The standard InChI is InChI=1S/C16H23FN2/c1-5-15(6-2)19(11-12(3)4)16-8-7-14(17)9-13(16)10-18/h7-9,12,15H,5-6,11H2,1-4H3. The molecule has 0 heterocycles. The largest absolute Gasteiger partial charge is 0.367 e. The fourth-order valence-electron chi connectivity index (χ4n) is 2.42. The summed E-state index contributed by atoms with van der Waals surface area (Å²) in [6, 6.07) is 6.99. The van der Waals surface area contributed by atoms with Gasteiger partial charge in [-0.25, -0.2) is 4.39 Å². The first kappa shape index (κ1) is 15.5. The maximum atomic E-state index is 13.3. The molecular formula is C16H23FN2. The van der Waals surface area contributed by atoms with Crippen LogP contribution in [0.25, 0.3) is 0 Å². The third-order valence-corrected chi connectivity index (χ3v) is 3.33. The molecule has 0 radical (unpaired) electrons. The van der Waals surface area contributed by atoms with Gasteiger partial charge in [0.25, 0.3) is 0 Å². The van der Waals surface area contributed by atoms with Crippen molar-refractivity contribution in [3.05, 3.63) is 29.6 Å². The van der Waals surface area contributed by atoms with Gasteiger partial charge in [-0.2, -0.15) is 5.26 Å². The van der Waals surface area contributed by atoms with Gasteiger partial charge in [0, 0.05) is 12.6 Å². The minimum atomic E-state index is -0.352. The number of hydrogen-bond acceptors (Lipinski definition) is 2. The van der Waals surface area contributed by atoms with Gasteiger partial charge in [0.05, 0.1) is 11.3 Å². The van der Waals surface area contributed by atoms with Crippen molar-refractivity contribution in [3.8, 4) is 6.07 Å². The van der Waals surface area contributed by atoms with Crippen molar-refractivity contribution < 1.29 is 4.39 Å². The van der Waals surface area contributed by atoms with Crippen molar-refractivity contribution >= 4 is 5.69 Å². The second kappa shape index (κ2) is 7.13. The Kier molecular flexibility index (Phi) is 5.82. The highest BCUT2D eigenvalue weighted by Crippen LogP contribution is 2.26. The van der Waals surface area contributed by atoms with E-state index in [1.54, 1.807) is 6.07 Å². The van der Waals surface area contributed by atoms with E-state index >= 15 is 0 Å². The average Bonchev–Trinajstić information content (AvgIpc) is 2.38. The van der Waals surface area contributed by atoms with Gasteiger partial charge in [-0.05, 0) is 37.0 Å². The Morgan fingerprint density at radius 3 is 2.37 bits per heavy atom. The topological polar surface area (TPSA) is 27.0 Å². The van der Waals surface area contributed by atoms with Gasteiger partial charge in [0.15, 0.2) is 0 Å². The van der Waals surface area contributed by atoms with Gasteiger partial charge in [0.2, 0.25) is 0 Å². The van der Waals surface area contributed by atoms with Crippen molar-refractivity contribution in [1.29, 1.82) is 5.26 Å². The summed E-state index contributed by atoms with van der Waals surface area (Å²) in [7, 11) is 0. The molecule has 0 unspecified atom stereocenters. The van der Waals surface area contributed by atoms with Crippen LogP contribution in [0, 0.1) is 23.1 Å². The lowest BCUT2D eigenvalue weighted by molar-refractivity contribution is 0.507. The molecule has 0 saturated carbocycles. The van der Waals surface area contributed by atoms with Gasteiger partial charge in [0.1, 0.15) is 11.9 Å². The van der Waals surface area contributed by atoms with Gasteiger partial charge >= 0.3 is 0 Å². The van der Waals surface area contributed by atoms with Crippen molar-refractivity contribution in [2.24, 2.45) is 5.92 Å². The summed E-state index contributed by atoms with van der Waals surface area (Å²) in [5, 5.41) is 9.21. The fourth-order valence-corrected chi connectivity index (χ4v) is 2.42. The van der Waals surface area contributed by atoms with Crippen LogP contribution in [-0.2, 0) is 0 Å². The van der Waals surface area contributed by atoms with E-state index in [0.29, 0.717) is 17.5 Å². The molecule has 1 rings (SSSR count). The smallest absolute Gasteiger partial charge is 0.124 e. The molecule has 19 heavy (non-hydrogen) atoms. The van der Waals surface area contributed by atoms with Crippen LogP contribution >= 0.6 is 0 Å². The first-order valence-corrected chi connectivity index (χ1v) is 6.99. The lowest BCUT2D eigenvalue weighted by Gasteiger charge is -2.34. The molecule has 0 N–H and O–H groups in total. The number of nitriles is 1. The minimum Gasteiger partial charge on any atom is -0.367 e. The second-order valence-corrected chi connectivity index (χ2v) is 5.29. The molecule has 0 aliphatic heterocycles. The zero-order valence-electron chi connectivity index (χ0n) is 12.3. The summed E-state index contributed by atoms with van der Waals surface area (Å²) in [4.78, 5) is 2.25. The molecule has 0 aromatic heterocycles. The Morgan fingerprint density at radius 1 is 1.26 bits per heavy atom. The zero-order valence-corrected chi connectivity index (χ0v) is 12.3. The Morgan fingerprint density at radius 2 is 1.89 bits per heavy atom. The maximum absolute atomic E-state index is 13.3. The maximum Gasteiger partial charge on any atom is 0.124 e. The van der Waals surface area contributed by atoms with E-state index < -0.39 is 0 Å². The van der Waals surface area contributed by atoms with Gasteiger partial charge in [-0.1, -0.05) is 27.7 Å². The first-order valence-electron chi connectivity index (χ1n) is 6.99. The summed E-state index contributed by atoms with van der Waals surface area (Å²) in [6.45, 7) is 9.50. The van der Waals surface area contributed by atoms with Crippen LogP contribution in [0.15, 0.2) is 18.2 Å². The molecule has 0 aliphatic carbocycles. The lowest BCUT2D eigenvalue weighted by atomic mass is 10.0. The van der Waals surface area contributed by atoms with Crippen LogP contribution in [0.2, 0.25) is 0 Å². The molecule has 104 valence electrons. The Labute approximate surface area is 115 Å². The van der Waals surface area contributed by atoms with E-state index in [0.717, 1.165) is 25.1 Å². The van der Waals surface area contributed by atoms with Crippen molar-refractivity contribution in [2.75, 3.05) is 11.4 Å². The van der Waals surface area contributed by atoms with Gasteiger partial charge < -0.3 is 4.90 Å². The highest BCUT2D eigenvalue weighted by atomic mass is 19.1. The van der Waals surface area contributed by atoms with Crippen molar-refractivity contribution in [1.82, 2.24) is 0 Å². The molecule has 0 spiro atoms. The van der Waals surface area contributed by atoms with Crippen LogP contribution in [0.1, 0.15) is 46.1 Å². The Hall–Kier alpha value is -1.56. The monoisotopic (exact) mass is 262 g/mol. The van der Waals surface area contributed by atoms with E-state index in [-0.39, 0.29) is 5.82 Å². The lowest BCUT2D eigenvalue weighted by Crippen LogP contribution is -2.37. The van der Waals surface area contributed by atoms with Crippen LogP contribution in [0.3, 0.4) is 0 Å². The molecule has 1 aromatic carbocycles. The van der Waals surface area contributed by atoms with Gasteiger partial charge in [-0.3, -0.25) is 0 Å². The number of nitrogens with zero attached hydrogens (tertiary/aromatic N) is 2. The Bertz CT molecular complexity index is 445. The summed E-state index contributed by atoms with van der Waals surface area (Å²) < 4.78 is 13.3. The predicted molar refractivity (Wildman–Crippen MR) is 77.7 cm³/mol. The molecule has 1 aromatic rings. The third kappa shape index (κ3) is 3.96. The highest BCUT2D eigenvalue weighted by Gasteiger charge is 2.20. The van der Waals surface area contributed by atoms with Crippen LogP contribution < -0.4 is 4.90 Å². The predicted octanol–water partition coefficient (Wildman–Crippen LogP) is 4.35. The molecule has 0 bridgehead atoms. The van der Waals surface area contributed by atoms with Crippen molar-refractivity contribution in [3.63, 3.8) is 0 Å². The summed E-state index contributed by atoms with van der Waals surface area (Å²) >= 11 is 0. The molecule has 0 aliphatic rings. The molecule has 0 amide bonds. The molecule has 0 atom stereocenters. The van der Waals surface area contributed by atoms with Crippen LogP contribution in [0.4, 0.5) is 10.1 Å². The number of anilines is 1. The van der Waals surface area contributed by atoms with E-state index in [2.05, 4.69) is 38.7 Å². The third-order valence-electron chi connectivity index (χ3n) is 3.33. The SMILES string of the molecule is CCC(CC)N(CC(C)C)c1ccc(F)cc1C#N. The molecular weight excluding hydrogens is 239 g/mol. The number of rotatable bonds is 6. The zero-order chi connectivity index (χ0) is 14.4. The van der Waals surface area contributed by atoms with Crippen molar-refractivity contribution in [2.45, 2.75) is 46.6 Å². The van der Waals surface area contributed by atoms with Crippen LogP contribution in [-0.4, -0.2) is 12.6 Å². The average molecular weight is 262 g/mol. The van der Waals surface area contributed by atoms with E-state index in [1.807, 2.05) is 0 Å². The van der Waals surface area contributed by atoms with Crippen LogP contribution in [0.5, 0.6) is 0 Å². The summed E-state index contributed by atoms with van der Waals surface area (Å²) in [6.07, 6.45) is 2.04. The number of halogens is 1. The highest BCUT2D eigenvalue weighted by molar-refractivity contribution is 5.60. The molecule has 2 nitrogen and oxygen atoms in total. The minimum absolute atomic E-state index is 0.352. The van der Waals surface area contributed by atoms with E-state index in [4.69, 9.17) is 0 Å². The van der Waals surface area contributed by atoms with Gasteiger partial charge in [-0.15, -0.1) is 0 Å². The number of hydrogen-bond donors (Lipinski definition) is 0. The molecule has 0 fully saturated rings. The number of benzene rings is 1. The first-order chi connectivity index (χ1) is 9.03. The summed E-state index contributed by atoms with van der Waals surface area (Å²) in [5.41, 5.74) is 1.28. The van der Waals surface area contributed by atoms with E-state index in [9.17, 15) is 9.65 Å².